The maximum Gasteiger partial charge on any atom is 0.330 e. The molecule has 3 heterocycles. The largest absolute Gasteiger partial charge is 0.351 e. The Morgan fingerprint density at radius 1 is 1.11 bits per heavy atom. The molecule has 0 saturated heterocycles. The van der Waals surface area contributed by atoms with Crippen molar-refractivity contribution in [1.29, 1.82) is 0 Å². The Hall–Kier alpha value is -4.34. The second-order valence-corrected chi connectivity index (χ2v) is 9.14. The van der Waals surface area contributed by atoms with Gasteiger partial charge in [-0.2, -0.15) is 4.98 Å². The van der Waals surface area contributed by atoms with E-state index in [4.69, 9.17) is 0 Å². The molecule has 10 heteroatoms. The van der Waals surface area contributed by atoms with E-state index in [9.17, 15) is 13.6 Å². The number of hydrogen-bond donors (Lipinski definition) is 2. The molecular formula is C26H23F2N7O. The molecule has 36 heavy (non-hydrogen) atoms. The molecule has 0 radical (unpaired) electrons. The molecule has 2 aliphatic rings. The summed E-state index contributed by atoms with van der Waals surface area (Å²) in [5.41, 5.74) is 3.62. The molecule has 1 fully saturated rings. The first kappa shape index (κ1) is 22.1. The lowest BCUT2D eigenvalue weighted by Crippen LogP contribution is -2.46. The highest BCUT2D eigenvalue weighted by Gasteiger charge is 2.32. The van der Waals surface area contributed by atoms with E-state index in [1.165, 1.54) is 23.2 Å². The first-order valence-corrected chi connectivity index (χ1v) is 11.7. The highest BCUT2D eigenvalue weighted by Crippen LogP contribution is 2.35. The molecule has 0 spiro atoms. The topological polar surface area (TPSA) is 90.0 Å². The Balaban J connectivity index is 1.32. The van der Waals surface area contributed by atoms with Crippen LogP contribution in [-0.4, -0.2) is 39.1 Å². The molecule has 2 aromatic heterocycles. The van der Waals surface area contributed by atoms with Crippen LogP contribution in [0.15, 0.2) is 48.8 Å². The summed E-state index contributed by atoms with van der Waals surface area (Å²) in [5, 5.41) is 3.27. The predicted molar refractivity (Wildman–Crippen MR) is 133 cm³/mol. The number of urea groups is 1. The lowest BCUT2D eigenvalue weighted by molar-refractivity contribution is 0.251. The van der Waals surface area contributed by atoms with Crippen LogP contribution in [0.3, 0.4) is 0 Å². The van der Waals surface area contributed by atoms with Crippen LogP contribution in [0.4, 0.5) is 31.0 Å². The third kappa shape index (κ3) is 3.84. The average Bonchev–Trinajstić information content (AvgIpc) is 3.56. The van der Waals surface area contributed by atoms with Crippen LogP contribution >= 0.6 is 0 Å². The Morgan fingerprint density at radius 3 is 2.75 bits per heavy atom. The molecule has 0 atom stereocenters. The van der Waals surface area contributed by atoms with Gasteiger partial charge < -0.3 is 10.3 Å². The molecule has 8 nitrogen and oxygen atoms in total. The zero-order valence-corrected chi connectivity index (χ0v) is 19.7. The maximum atomic E-state index is 14.3. The predicted octanol–water partition coefficient (Wildman–Crippen LogP) is 5.27. The van der Waals surface area contributed by atoms with Crippen LogP contribution in [-0.2, 0) is 6.54 Å². The summed E-state index contributed by atoms with van der Waals surface area (Å²) in [5.74, 6) is -0.251. The van der Waals surface area contributed by atoms with Gasteiger partial charge in [0.25, 0.3) is 0 Å². The number of H-pyrrole nitrogens is 1. The second kappa shape index (κ2) is 8.40. The van der Waals surface area contributed by atoms with Gasteiger partial charge in [0, 0.05) is 41.7 Å². The Morgan fingerprint density at radius 2 is 1.94 bits per heavy atom. The number of fused-ring (bicyclic) bond motifs is 1. The lowest BCUT2D eigenvalue weighted by Gasteiger charge is -2.35. The van der Waals surface area contributed by atoms with Crippen molar-refractivity contribution in [1.82, 2.24) is 19.9 Å². The summed E-state index contributed by atoms with van der Waals surface area (Å²) in [4.78, 5) is 33.0. The second-order valence-electron chi connectivity index (χ2n) is 9.14. The molecule has 182 valence electrons. The van der Waals surface area contributed by atoms with Crippen molar-refractivity contribution in [2.24, 2.45) is 0 Å². The minimum Gasteiger partial charge on any atom is -0.351 e. The SMILES string of the molecule is Cc1ccc(-c2ncc(-c3cccc(F)c3F)[nH]2)cc1N1Cc2cnc(NC3CC3)nc2N(C)C1=O. The molecule has 1 aliphatic heterocycles. The molecule has 1 saturated carbocycles. The number of hydrogen-bond acceptors (Lipinski definition) is 5. The number of nitrogens with one attached hydrogen (secondary N) is 2. The number of aromatic nitrogens is 4. The molecule has 2 amide bonds. The van der Waals surface area contributed by atoms with E-state index >= 15 is 0 Å². The van der Waals surface area contributed by atoms with E-state index < -0.39 is 11.6 Å². The van der Waals surface area contributed by atoms with Gasteiger partial charge in [-0.15, -0.1) is 0 Å². The fourth-order valence-electron chi connectivity index (χ4n) is 4.34. The van der Waals surface area contributed by atoms with Crippen molar-refractivity contribution >= 4 is 23.5 Å². The van der Waals surface area contributed by atoms with Gasteiger partial charge in [0.2, 0.25) is 5.95 Å². The number of amides is 2. The van der Waals surface area contributed by atoms with Crippen molar-refractivity contribution in [3.63, 3.8) is 0 Å². The number of rotatable bonds is 5. The standard InChI is InChI=1S/C26H23F2N7O/c1-14-6-7-15(23-29-12-20(32-23)18-4-3-5-19(27)22(18)28)10-21(14)35-13-16-11-30-25(31-17-8-9-17)33-24(16)34(2)26(35)36/h3-7,10-12,17H,8-9,13H2,1-2H3,(H,29,32)(H,30,31,33). The van der Waals surface area contributed by atoms with Crippen LogP contribution in [0.2, 0.25) is 0 Å². The van der Waals surface area contributed by atoms with Gasteiger partial charge in [-0.25, -0.2) is 23.5 Å². The van der Waals surface area contributed by atoms with Crippen molar-refractivity contribution in [3.05, 3.63) is 71.6 Å². The normalized spacial score (nSPS) is 15.3. The van der Waals surface area contributed by atoms with Crippen molar-refractivity contribution in [3.8, 4) is 22.6 Å². The zero-order valence-electron chi connectivity index (χ0n) is 19.7. The summed E-state index contributed by atoms with van der Waals surface area (Å²) >= 11 is 0. The number of carbonyl (C=O) groups excluding carboxylic acids is 1. The van der Waals surface area contributed by atoms with Gasteiger partial charge in [-0.1, -0.05) is 18.2 Å². The molecule has 4 aromatic rings. The molecule has 0 unspecified atom stereocenters. The van der Waals surface area contributed by atoms with Crippen molar-refractivity contribution in [2.75, 3.05) is 22.2 Å². The van der Waals surface area contributed by atoms with Gasteiger partial charge >= 0.3 is 6.03 Å². The van der Waals surface area contributed by atoms with E-state index in [1.54, 1.807) is 18.1 Å². The van der Waals surface area contributed by atoms with E-state index in [1.807, 2.05) is 25.1 Å². The van der Waals surface area contributed by atoms with E-state index in [-0.39, 0.29) is 11.6 Å². The highest BCUT2D eigenvalue weighted by molar-refractivity contribution is 6.05. The number of aryl methyl sites for hydroxylation is 1. The van der Waals surface area contributed by atoms with Gasteiger partial charge in [-0.3, -0.25) is 9.80 Å². The molecule has 2 aromatic carbocycles. The third-order valence-corrected chi connectivity index (χ3v) is 6.51. The van der Waals surface area contributed by atoms with Crippen LogP contribution in [0.25, 0.3) is 22.6 Å². The molecule has 1 aliphatic carbocycles. The fourth-order valence-corrected chi connectivity index (χ4v) is 4.34. The van der Waals surface area contributed by atoms with Gasteiger partial charge in [-0.05, 0) is 43.5 Å². The average molecular weight is 488 g/mol. The van der Waals surface area contributed by atoms with Crippen LogP contribution in [0, 0.1) is 18.6 Å². The summed E-state index contributed by atoms with van der Waals surface area (Å²) in [6.07, 6.45) is 5.43. The first-order valence-electron chi connectivity index (χ1n) is 11.7. The van der Waals surface area contributed by atoms with Crippen LogP contribution in [0.5, 0.6) is 0 Å². The molecule has 0 bridgehead atoms. The smallest absolute Gasteiger partial charge is 0.330 e. The molecular weight excluding hydrogens is 464 g/mol. The van der Waals surface area contributed by atoms with Gasteiger partial charge in [0.05, 0.1) is 18.4 Å². The monoisotopic (exact) mass is 487 g/mol. The first-order chi connectivity index (χ1) is 17.4. The van der Waals surface area contributed by atoms with Crippen molar-refractivity contribution < 1.29 is 13.6 Å². The minimum absolute atomic E-state index is 0.0982. The minimum atomic E-state index is -0.935. The Bertz CT molecular complexity index is 1500. The number of anilines is 3. The van der Waals surface area contributed by atoms with Crippen LogP contribution < -0.4 is 15.1 Å². The number of benzene rings is 2. The molecule has 2 N–H and O–H groups in total. The molecule has 6 rings (SSSR count). The van der Waals surface area contributed by atoms with E-state index in [2.05, 4.69) is 25.3 Å². The summed E-state index contributed by atoms with van der Waals surface area (Å²) in [6.45, 7) is 2.25. The number of nitrogens with zero attached hydrogens (tertiary/aromatic N) is 5. The lowest BCUT2D eigenvalue weighted by atomic mass is 10.1. The number of aromatic amines is 1. The summed E-state index contributed by atoms with van der Waals surface area (Å²) < 4.78 is 28.0. The van der Waals surface area contributed by atoms with Gasteiger partial charge in [0.15, 0.2) is 11.6 Å². The quantitative estimate of drug-likeness (QED) is 0.400. The number of carbonyl (C=O) groups is 1. The van der Waals surface area contributed by atoms with E-state index in [0.29, 0.717) is 47.1 Å². The maximum absolute atomic E-state index is 14.3. The number of halogens is 2. The Labute approximate surface area is 206 Å². The number of imidazole rings is 1. The third-order valence-electron chi connectivity index (χ3n) is 6.51. The van der Waals surface area contributed by atoms with E-state index in [0.717, 1.165) is 30.0 Å². The van der Waals surface area contributed by atoms with Crippen molar-refractivity contribution in [2.45, 2.75) is 32.4 Å². The van der Waals surface area contributed by atoms with Gasteiger partial charge in [0.1, 0.15) is 11.6 Å². The zero-order chi connectivity index (χ0) is 25.0. The summed E-state index contributed by atoms with van der Waals surface area (Å²) in [6, 6.07) is 9.84. The Kier molecular flexibility index (Phi) is 5.17. The fraction of sp³-hybridized carbons (Fsp3) is 0.231. The summed E-state index contributed by atoms with van der Waals surface area (Å²) in [7, 11) is 1.70. The van der Waals surface area contributed by atoms with Crippen LogP contribution in [0.1, 0.15) is 24.0 Å². The highest BCUT2D eigenvalue weighted by atomic mass is 19.2.